The first-order chi connectivity index (χ1) is 7.89. The lowest BCUT2D eigenvalue weighted by atomic mass is 9.96. The van der Waals surface area contributed by atoms with E-state index in [2.05, 4.69) is 10.6 Å². The van der Waals surface area contributed by atoms with E-state index in [1.165, 1.54) is 12.1 Å². The quantitative estimate of drug-likeness (QED) is 0.539. The fourth-order valence-corrected chi connectivity index (χ4v) is 1.89. The number of amides is 1. The fraction of sp³-hybridized carbons (Fsp3) is 0.417. The summed E-state index contributed by atoms with van der Waals surface area (Å²) < 4.78 is 0. The van der Waals surface area contributed by atoms with Gasteiger partial charge in [-0.3, -0.25) is 10.1 Å². The second-order valence-electron chi connectivity index (χ2n) is 4.94. The molecule has 1 amide bonds. The smallest absolute Gasteiger partial charge is 0.242 e. The van der Waals surface area contributed by atoms with Crippen LogP contribution in [0.1, 0.15) is 25.5 Å². The summed E-state index contributed by atoms with van der Waals surface area (Å²) in [4.78, 5) is 11.9. The maximum absolute atomic E-state index is 11.9. The normalized spacial score (nSPS) is 23.2. The average molecular weight is 236 g/mol. The summed E-state index contributed by atoms with van der Waals surface area (Å²) in [5, 5.41) is 24.6. The number of benzene rings is 1. The standard InChI is InChI=1S/C12H16N2O3/c1-12(2)6-13-10(11(17)14-12)7-3-4-8(15)9(16)5-7/h3-5,10,13,15-16H,6H2,1-2H3,(H,14,17). The molecule has 0 radical (unpaired) electrons. The summed E-state index contributed by atoms with van der Waals surface area (Å²) >= 11 is 0. The summed E-state index contributed by atoms with van der Waals surface area (Å²) in [5.74, 6) is -0.543. The molecule has 92 valence electrons. The van der Waals surface area contributed by atoms with Gasteiger partial charge in [0.1, 0.15) is 6.04 Å². The number of carbonyl (C=O) groups is 1. The molecule has 1 atom stereocenters. The van der Waals surface area contributed by atoms with Crippen molar-refractivity contribution in [3.63, 3.8) is 0 Å². The van der Waals surface area contributed by atoms with Gasteiger partial charge in [-0.15, -0.1) is 0 Å². The second kappa shape index (κ2) is 3.92. The first kappa shape index (κ1) is 11.7. The Kier molecular flexibility index (Phi) is 2.71. The highest BCUT2D eigenvalue weighted by molar-refractivity contribution is 5.85. The topological polar surface area (TPSA) is 81.6 Å². The van der Waals surface area contributed by atoms with Crippen LogP contribution in [-0.2, 0) is 4.79 Å². The van der Waals surface area contributed by atoms with E-state index in [1.807, 2.05) is 13.8 Å². The van der Waals surface area contributed by atoms with Gasteiger partial charge in [-0.2, -0.15) is 0 Å². The van der Waals surface area contributed by atoms with Gasteiger partial charge in [0.05, 0.1) is 0 Å². The molecule has 1 unspecified atom stereocenters. The van der Waals surface area contributed by atoms with Gasteiger partial charge in [0.2, 0.25) is 5.91 Å². The van der Waals surface area contributed by atoms with Gasteiger partial charge < -0.3 is 15.5 Å². The van der Waals surface area contributed by atoms with Gasteiger partial charge in [0.15, 0.2) is 11.5 Å². The maximum Gasteiger partial charge on any atom is 0.242 e. The molecule has 1 aromatic carbocycles. The van der Waals surface area contributed by atoms with Gasteiger partial charge in [-0.05, 0) is 31.5 Å². The van der Waals surface area contributed by atoms with Crippen LogP contribution < -0.4 is 10.6 Å². The summed E-state index contributed by atoms with van der Waals surface area (Å²) in [6, 6.07) is 3.89. The minimum absolute atomic E-state index is 0.133. The van der Waals surface area contributed by atoms with Crippen LogP contribution in [0.25, 0.3) is 0 Å². The molecule has 0 bridgehead atoms. The molecule has 1 saturated heterocycles. The van der Waals surface area contributed by atoms with Crippen LogP contribution in [0, 0.1) is 0 Å². The Morgan fingerprint density at radius 3 is 2.59 bits per heavy atom. The van der Waals surface area contributed by atoms with E-state index in [1.54, 1.807) is 6.07 Å². The summed E-state index contributed by atoms with van der Waals surface area (Å²) in [6.07, 6.45) is 0. The molecule has 5 nitrogen and oxygen atoms in total. The highest BCUT2D eigenvalue weighted by atomic mass is 16.3. The highest BCUT2D eigenvalue weighted by Gasteiger charge is 2.33. The Bertz CT molecular complexity index is 457. The predicted molar refractivity (Wildman–Crippen MR) is 62.7 cm³/mol. The lowest BCUT2D eigenvalue weighted by Gasteiger charge is -2.36. The number of rotatable bonds is 1. The van der Waals surface area contributed by atoms with Crippen LogP contribution >= 0.6 is 0 Å². The third-order valence-electron chi connectivity index (χ3n) is 2.80. The van der Waals surface area contributed by atoms with Crippen molar-refractivity contribution in [3.05, 3.63) is 23.8 Å². The summed E-state index contributed by atoms with van der Waals surface area (Å²) in [6.45, 7) is 4.51. The largest absolute Gasteiger partial charge is 0.504 e. The van der Waals surface area contributed by atoms with Crippen molar-refractivity contribution in [1.29, 1.82) is 0 Å². The Morgan fingerprint density at radius 1 is 1.29 bits per heavy atom. The van der Waals surface area contributed by atoms with Gasteiger partial charge >= 0.3 is 0 Å². The van der Waals surface area contributed by atoms with Crippen LogP contribution in [0.3, 0.4) is 0 Å². The molecule has 2 rings (SSSR count). The van der Waals surface area contributed by atoms with Crippen LogP contribution in [0.4, 0.5) is 0 Å². The molecule has 1 heterocycles. The fourth-order valence-electron chi connectivity index (χ4n) is 1.89. The van der Waals surface area contributed by atoms with Gasteiger partial charge in [0.25, 0.3) is 0 Å². The van der Waals surface area contributed by atoms with Crippen molar-refractivity contribution in [2.24, 2.45) is 0 Å². The molecule has 1 aliphatic rings. The lowest BCUT2D eigenvalue weighted by Crippen LogP contribution is -2.59. The number of phenolic OH excluding ortho intramolecular Hbond substituents is 2. The van der Waals surface area contributed by atoms with Crippen LogP contribution in [0.2, 0.25) is 0 Å². The number of hydrogen-bond acceptors (Lipinski definition) is 4. The Labute approximate surface area is 99.5 Å². The number of aromatic hydroxyl groups is 2. The van der Waals surface area contributed by atoms with Crippen molar-refractivity contribution in [1.82, 2.24) is 10.6 Å². The second-order valence-corrected chi connectivity index (χ2v) is 4.94. The lowest BCUT2D eigenvalue weighted by molar-refractivity contribution is -0.126. The van der Waals surface area contributed by atoms with E-state index in [4.69, 9.17) is 0 Å². The van der Waals surface area contributed by atoms with E-state index in [0.29, 0.717) is 12.1 Å². The maximum atomic E-state index is 11.9. The third kappa shape index (κ3) is 2.34. The van der Waals surface area contributed by atoms with Gasteiger partial charge in [0, 0.05) is 12.1 Å². The van der Waals surface area contributed by atoms with E-state index in [9.17, 15) is 15.0 Å². The number of hydrogen-bond donors (Lipinski definition) is 4. The zero-order chi connectivity index (χ0) is 12.6. The molecular formula is C12H16N2O3. The number of nitrogens with one attached hydrogen (secondary N) is 2. The van der Waals surface area contributed by atoms with Crippen molar-refractivity contribution in [2.45, 2.75) is 25.4 Å². The Balaban J connectivity index is 2.23. The monoisotopic (exact) mass is 236 g/mol. The molecule has 1 fully saturated rings. The van der Waals surface area contributed by atoms with Crippen molar-refractivity contribution in [2.75, 3.05) is 6.54 Å². The van der Waals surface area contributed by atoms with E-state index >= 15 is 0 Å². The number of piperazine rings is 1. The van der Waals surface area contributed by atoms with Crippen molar-refractivity contribution in [3.8, 4) is 11.5 Å². The molecule has 4 N–H and O–H groups in total. The van der Waals surface area contributed by atoms with E-state index in [0.717, 1.165) is 0 Å². The van der Waals surface area contributed by atoms with E-state index in [-0.39, 0.29) is 22.9 Å². The van der Waals surface area contributed by atoms with E-state index < -0.39 is 6.04 Å². The molecular weight excluding hydrogens is 220 g/mol. The molecule has 0 aromatic heterocycles. The highest BCUT2D eigenvalue weighted by Crippen LogP contribution is 2.29. The SMILES string of the molecule is CC1(C)CNC(c2ccc(O)c(O)c2)C(=O)N1. The zero-order valence-corrected chi connectivity index (χ0v) is 9.82. The summed E-state index contributed by atoms with van der Waals surface area (Å²) in [7, 11) is 0. The third-order valence-corrected chi connectivity index (χ3v) is 2.80. The molecule has 1 aromatic rings. The van der Waals surface area contributed by atoms with Crippen LogP contribution in [-0.4, -0.2) is 28.2 Å². The Hall–Kier alpha value is -1.75. The molecule has 0 spiro atoms. The number of phenols is 2. The van der Waals surface area contributed by atoms with Gasteiger partial charge in [-0.1, -0.05) is 6.07 Å². The van der Waals surface area contributed by atoms with Crippen molar-refractivity contribution < 1.29 is 15.0 Å². The minimum atomic E-state index is -0.491. The van der Waals surface area contributed by atoms with Crippen LogP contribution in [0.5, 0.6) is 11.5 Å². The predicted octanol–water partition coefficient (Wildman–Crippen LogP) is 0.637. The first-order valence-corrected chi connectivity index (χ1v) is 5.46. The van der Waals surface area contributed by atoms with Gasteiger partial charge in [-0.25, -0.2) is 0 Å². The first-order valence-electron chi connectivity index (χ1n) is 5.46. The minimum Gasteiger partial charge on any atom is -0.504 e. The zero-order valence-electron chi connectivity index (χ0n) is 9.82. The van der Waals surface area contributed by atoms with Crippen LogP contribution in [0.15, 0.2) is 18.2 Å². The van der Waals surface area contributed by atoms with Crippen molar-refractivity contribution >= 4 is 5.91 Å². The Morgan fingerprint density at radius 2 is 2.00 bits per heavy atom. The molecule has 0 saturated carbocycles. The number of carbonyl (C=O) groups excluding carboxylic acids is 1. The molecule has 5 heteroatoms. The average Bonchev–Trinajstić information content (AvgIpc) is 2.21. The molecule has 0 aliphatic carbocycles. The molecule has 17 heavy (non-hydrogen) atoms. The summed E-state index contributed by atoms with van der Waals surface area (Å²) in [5.41, 5.74) is 0.361. The molecule has 1 aliphatic heterocycles.